The Morgan fingerprint density at radius 1 is 1.42 bits per heavy atom. The minimum atomic E-state index is -0.743. The maximum atomic E-state index is 10.6. The number of fused-ring (bicyclic) bond motifs is 1. The molecule has 2 aromatic rings. The number of carboxylic acids is 1. The number of ether oxygens (including phenoxy) is 1. The number of carboxylic acid groups (broad SMARTS) is 1. The number of aryl methyl sites for hydroxylation is 2. The number of benzene rings is 1. The molecule has 0 unspecified atom stereocenters. The summed E-state index contributed by atoms with van der Waals surface area (Å²) in [5.74, 6) is 0.112. The van der Waals surface area contributed by atoms with Crippen molar-refractivity contribution in [2.75, 3.05) is 6.61 Å². The average molecular weight is 261 g/mol. The van der Waals surface area contributed by atoms with Gasteiger partial charge in [-0.05, 0) is 50.5 Å². The number of carbonyl (C=O) groups is 1. The first-order chi connectivity index (χ1) is 9.11. The van der Waals surface area contributed by atoms with Crippen LogP contribution in [-0.2, 0) is 11.2 Å². The summed E-state index contributed by atoms with van der Waals surface area (Å²) in [7, 11) is 0. The van der Waals surface area contributed by atoms with Gasteiger partial charge in [-0.1, -0.05) is 0 Å². The molecule has 0 bridgehead atoms. The molecule has 1 aromatic heterocycles. The number of aromatic nitrogens is 1. The van der Waals surface area contributed by atoms with E-state index < -0.39 is 5.97 Å². The lowest BCUT2D eigenvalue weighted by molar-refractivity contribution is -0.137. The summed E-state index contributed by atoms with van der Waals surface area (Å²) in [6, 6.07) is 5.98. The van der Waals surface area contributed by atoms with E-state index in [-0.39, 0.29) is 6.42 Å². The summed E-state index contributed by atoms with van der Waals surface area (Å²) in [5, 5.41) is 9.84. The highest BCUT2D eigenvalue weighted by Gasteiger charge is 2.10. The molecule has 0 aliphatic carbocycles. The summed E-state index contributed by atoms with van der Waals surface area (Å²) in [4.78, 5) is 13.9. The molecule has 4 nitrogen and oxygen atoms in total. The Hall–Kier alpha value is -1.97. The fourth-order valence-electron chi connectivity index (χ4n) is 2.36. The van der Waals surface area contributed by atoms with Crippen LogP contribution in [0.15, 0.2) is 18.2 Å². The highest BCUT2D eigenvalue weighted by atomic mass is 16.5. The second-order valence-corrected chi connectivity index (χ2v) is 4.62. The van der Waals surface area contributed by atoms with Crippen molar-refractivity contribution in [2.45, 2.75) is 33.1 Å². The van der Waals surface area contributed by atoms with Crippen LogP contribution in [-0.4, -0.2) is 22.7 Å². The maximum Gasteiger partial charge on any atom is 0.303 e. The minimum Gasteiger partial charge on any atom is -0.494 e. The van der Waals surface area contributed by atoms with Crippen LogP contribution < -0.4 is 4.74 Å². The molecule has 0 amide bonds. The lowest BCUT2D eigenvalue weighted by Crippen LogP contribution is -1.96. The molecule has 0 atom stereocenters. The Morgan fingerprint density at radius 3 is 2.89 bits per heavy atom. The molecular weight excluding hydrogens is 242 g/mol. The van der Waals surface area contributed by atoms with E-state index in [4.69, 9.17) is 9.84 Å². The Kier molecular flexibility index (Phi) is 4.10. The minimum absolute atomic E-state index is 0.206. The molecule has 4 heteroatoms. The largest absolute Gasteiger partial charge is 0.494 e. The van der Waals surface area contributed by atoms with Crippen molar-refractivity contribution in [3.63, 3.8) is 0 Å². The molecule has 0 saturated heterocycles. The molecule has 2 N–H and O–H groups in total. The number of nitrogens with one attached hydrogen (secondary N) is 1. The van der Waals surface area contributed by atoms with Gasteiger partial charge in [0.15, 0.2) is 0 Å². The Bertz CT molecular complexity index is 586. The van der Waals surface area contributed by atoms with Crippen LogP contribution in [0.5, 0.6) is 5.75 Å². The molecule has 19 heavy (non-hydrogen) atoms. The number of hydrogen-bond donors (Lipinski definition) is 2. The second kappa shape index (κ2) is 5.78. The first kappa shape index (κ1) is 13.5. The zero-order chi connectivity index (χ0) is 13.8. The van der Waals surface area contributed by atoms with Crippen LogP contribution in [0.1, 0.15) is 31.0 Å². The van der Waals surface area contributed by atoms with Gasteiger partial charge in [0.2, 0.25) is 0 Å². The van der Waals surface area contributed by atoms with Crippen molar-refractivity contribution in [1.82, 2.24) is 4.98 Å². The zero-order valence-corrected chi connectivity index (χ0v) is 11.3. The maximum absolute atomic E-state index is 10.6. The van der Waals surface area contributed by atoms with Gasteiger partial charge in [-0.15, -0.1) is 0 Å². The van der Waals surface area contributed by atoms with Crippen molar-refractivity contribution >= 4 is 16.9 Å². The van der Waals surface area contributed by atoms with Crippen molar-refractivity contribution in [3.05, 3.63) is 29.5 Å². The molecule has 0 radical (unpaired) electrons. The number of H-pyrrole nitrogens is 1. The summed E-state index contributed by atoms with van der Waals surface area (Å²) in [6.45, 7) is 4.63. The molecule has 102 valence electrons. The third-order valence-electron chi connectivity index (χ3n) is 3.22. The fourth-order valence-corrected chi connectivity index (χ4v) is 2.36. The quantitative estimate of drug-likeness (QED) is 0.838. The van der Waals surface area contributed by atoms with E-state index in [9.17, 15) is 4.79 Å². The van der Waals surface area contributed by atoms with Crippen molar-refractivity contribution in [2.24, 2.45) is 0 Å². The van der Waals surface area contributed by atoms with Gasteiger partial charge in [0.05, 0.1) is 6.61 Å². The smallest absolute Gasteiger partial charge is 0.303 e. The lowest BCUT2D eigenvalue weighted by Gasteiger charge is -2.04. The molecule has 0 spiro atoms. The van der Waals surface area contributed by atoms with Gasteiger partial charge in [-0.3, -0.25) is 4.79 Å². The predicted octanol–water partition coefficient (Wildman–Crippen LogP) is 3.28. The molecular formula is C15H19NO3. The van der Waals surface area contributed by atoms with Crippen LogP contribution in [0.2, 0.25) is 0 Å². The molecule has 0 aliphatic heterocycles. The van der Waals surface area contributed by atoms with E-state index in [0.29, 0.717) is 13.0 Å². The van der Waals surface area contributed by atoms with E-state index in [0.717, 1.165) is 28.8 Å². The third-order valence-corrected chi connectivity index (χ3v) is 3.22. The van der Waals surface area contributed by atoms with Crippen molar-refractivity contribution < 1.29 is 14.6 Å². The number of aromatic amines is 1. The molecule has 0 saturated carbocycles. The molecule has 0 aliphatic rings. The average Bonchev–Trinajstić information content (AvgIpc) is 2.66. The first-order valence-corrected chi connectivity index (χ1v) is 6.57. The Balaban J connectivity index is 2.27. The van der Waals surface area contributed by atoms with Crippen LogP contribution in [0.3, 0.4) is 0 Å². The Morgan fingerprint density at radius 2 is 2.21 bits per heavy atom. The van der Waals surface area contributed by atoms with Gasteiger partial charge in [0, 0.05) is 23.0 Å². The molecule has 0 fully saturated rings. The van der Waals surface area contributed by atoms with Gasteiger partial charge in [-0.25, -0.2) is 0 Å². The van der Waals surface area contributed by atoms with E-state index in [1.807, 2.05) is 32.0 Å². The van der Waals surface area contributed by atoms with E-state index in [1.54, 1.807) is 0 Å². The fraction of sp³-hybridized carbons (Fsp3) is 0.400. The summed E-state index contributed by atoms with van der Waals surface area (Å²) in [5.41, 5.74) is 3.37. The molecule has 1 heterocycles. The topological polar surface area (TPSA) is 62.3 Å². The summed E-state index contributed by atoms with van der Waals surface area (Å²) >= 11 is 0. The van der Waals surface area contributed by atoms with Crippen LogP contribution in [0.4, 0.5) is 0 Å². The monoisotopic (exact) mass is 261 g/mol. The summed E-state index contributed by atoms with van der Waals surface area (Å²) in [6.07, 6.45) is 1.63. The number of rotatable bonds is 6. The highest BCUT2D eigenvalue weighted by Crippen LogP contribution is 2.27. The van der Waals surface area contributed by atoms with Gasteiger partial charge in [0.1, 0.15) is 5.75 Å². The van der Waals surface area contributed by atoms with Crippen molar-refractivity contribution in [3.8, 4) is 5.75 Å². The van der Waals surface area contributed by atoms with Crippen LogP contribution in [0, 0.1) is 6.92 Å². The van der Waals surface area contributed by atoms with E-state index in [2.05, 4.69) is 4.98 Å². The molecule has 1 aromatic carbocycles. The molecule has 2 rings (SSSR count). The van der Waals surface area contributed by atoms with Gasteiger partial charge >= 0.3 is 5.97 Å². The van der Waals surface area contributed by atoms with Gasteiger partial charge in [0.25, 0.3) is 0 Å². The SMILES string of the molecule is CCOc1ccc2[nH]c(C)c(CCCC(=O)O)c2c1. The van der Waals surface area contributed by atoms with Gasteiger partial charge in [-0.2, -0.15) is 0 Å². The second-order valence-electron chi connectivity index (χ2n) is 4.62. The zero-order valence-electron chi connectivity index (χ0n) is 11.3. The van der Waals surface area contributed by atoms with Crippen LogP contribution >= 0.6 is 0 Å². The Labute approximate surface area is 112 Å². The highest BCUT2D eigenvalue weighted by molar-refractivity contribution is 5.86. The van der Waals surface area contributed by atoms with Crippen LogP contribution in [0.25, 0.3) is 10.9 Å². The number of aliphatic carboxylic acids is 1. The summed E-state index contributed by atoms with van der Waals surface area (Å²) < 4.78 is 5.51. The normalized spacial score (nSPS) is 10.8. The standard InChI is InChI=1S/C15H19NO3/c1-3-19-11-7-8-14-13(9-11)12(10(2)16-14)5-4-6-15(17)18/h7-9,16H,3-6H2,1-2H3,(H,17,18). The van der Waals surface area contributed by atoms with Gasteiger partial charge < -0.3 is 14.8 Å². The van der Waals surface area contributed by atoms with Crippen molar-refractivity contribution in [1.29, 1.82) is 0 Å². The van der Waals surface area contributed by atoms with E-state index >= 15 is 0 Å². The van der Waals surface area contributed by atoms with E-state index in [1.165, 1.54) is 5.56 Å². The predicted molar refractivity (Wildman–Crippen MR) is 74.8 cm³/mol. The number of hydrogen-bond acceptors (Lipinski definition) is 2. The first-order valence-electron chi connectivity index (χ1n) is 6.57. The third kappa shape index (κ3) is 3.08. The lowest BCUT2D eigenvalue weighted by atomic mass is 10.0.